The summed E-state index contributed by atoms with van der Waals surface area (Å²) in [7, 11) is 0. The SMILES string of the molecule is NCc1cccc(-n2cnc3c2C(=O)C(c2ccc(-c4ccccc4CN4CC[C@@H](O)C4)cc2)NC3)c1. The molecule has 1 saturated heterocycles. The van der Waals surface area contributed by atoms with Gasteiger partial charge in [-0.2, -0.15) is 0 Å². The van der Waals surface area contributed by atoms with E-state index in [1.807, 2.05) is 41.0 Å². The molecule has 188 valence electrons. The van der Waals surface area contributed by atoms with Gasteiger partial charge in [0, 0.05) is 38.4 Å². The van der Waals surface area contributed by atoms with Crippen LogP contribution in [0.4, 0.5) is 0 Å². The van der Waals surface area contributed by atoms with E-state index < -0.39 is 6.04 Å². The number of nitrogens with two attached hydrogens (primary N) is 1. The van der Waals surface area contributed by atoms with E-state index in [1.165, 1.54) is 11.1 Å². The van der Waals surface area contributed by atoms with Crippen molar-refractivity contribution in [1.82, 2.24) is 19.8 Å². The minimum atomic E-state index is -0.434. The van der Waals surface area contributed by atoms with Gasteiger partial charge in [-0.15, -0.1) is 0 Å². The number of aliphatic hydroxyl groups excluding tert-OH is 1. The first-order valence-electron chi connectivity index (χ1n) is 12.8. The lowest BCUT2D eigenvalue weighted by atomic mass is 9.93. The Bertz CT molecular complexity index is 1430. The standard InChI is InChI=1S/C30H31N5O2/c31-15-20-4-3-6-24(14-20)35-19-33-27-16-32-28(30(37)29(27)35)22-10-8-21(9-11-22)26-7-2-1-5-23(26)17-34-13-12-25(36)18-34/h1-11,14,19,25,28,32,36H,12-13,15-18,31H2/t25-,28?/m1/s1. The van der Waals surface area contributed by atoms with E-state index in [4.69, 9.17) is 5.73 Å². The Morgan fingerprint density at radius 3 is 2.68 bits per heavy atom. The molecule has 0 radical (unpaired) electrons. The van der Waals surface area contributed by atoms with Crippen LogP contribution in [0.15, 0.2) is 79.1 Å². The van der Waals surface area contributed by atoms with Crippen molar-refractivity contribution < 1.29 is 9.90 Å². The number of likely N-dealkylation sites (tertiary alicyclic amines) is 1. The molecule has 1 aromatic heterocycles. The normalized spacial score (nSPS) is 19.8. The number of imidazole rings is 1. The fourth-order valence-corrected chi connectivity index (χ4v) is 5.49. The molecule has 1 fully saturated rings. The average Bonchev–Trinajstić information content (AvgIpc) is 3.56. The van der Waals surface area contributed by atoms with E-state index in [1.54, 1.807) is 6.33 Å². The third kappa shape index (κ3) is 4.63. The Kier molecular flexibility index (Phi) is 6.44. The van der Waals surface area contributed by atoms with Crippen LogP contribution in [-0.4, -0.2) is 44.5 Å². The fourth-order valence-electron chi connectivity index (χ4n) is 5.49. The molecular formula is C30H31N5O2. The van der Waals surface area contributed by atoms with Crippen LogP contribution >= 0.6 is 0 Å². The molecule has 4 aromatic rings. The van der Waals surface area contributed by atoms with Gasteiger partial charge in [0.05, 0.1) is 17.8 Å². The second kappa shape index (κ2) is 10.0. The highest BCUT2D eigenvalue weighted by atomic mass is 16.3. The third-order valence-electron chi connectivity index (χ3n) is 7.45. The summed E-state index contributed by atoms with van der Waals surface area (Å²) in [6.45, 7) is 3.42. The maximum atomic E-state index is 13.7. The zero-order valence-corrected chi connectivity index (χ0v) is 20.7. The number of β-amino-alcohol motifs (C(OH)–C–C–N with tert-alkyl or cyclic N) is 1. The molecule has 0 bridgehead atoms. The molecule has 7 heteroatoms. The van der Waals surface area contributed by atoms with Crippen LogP contribution in [0.3, 0.4) is 0 Å². The zero-order chi connectivity index (χ0) is 25.4. The van der Waals surface area contributed by atoms with Crippen LogP contribution < -0.4 is 11.1 Å². The largest absolute Gasteiger partial charge is 0.392 e. The van der Waals surface area contributed by atoms with E-state index in [9.17, 15) is 9.90 Å². The molecule has 7 nitrogen and oxygen atoms in total. The van der Waals surface area contributed by atoms with E-state index in [0.717, 1.165) is 54.1 Å². The number of hydrogen-bond acceptors (Lipinski definition) is 6. The summed E-state index contributed by atoms with van der Waals surface area (Å²) in [5.41, 5.74) is 13.6. The summed E-state index contributed by atoms with van der Waals surface area (Å²) in [6, 6.07) is 24.2. The van der Waals surface area contributed by atoms with Gasteiger partial charge in [0.2, 0.25) is 5.78 Å². The summed E-state index contributed by atoms with van der Waals surface area (Å²) in [4.78, 5) is 20.5. The van der Waals surface area contributed by atoms with Crippen molar-refractivity contribution in [2.45, 2.75) is 38.2 Å². The van der Waals surface area contributed by atoms with E-state index in [-0.39, 0.29) is 11.9 Å². The average molecular weight is 494 g/mol. The van der Waals surface area contributed by atoms with Crippen molar-refractivity contribution >= 4 is 5.78 Å². The van der Waals surface area contributed by atoms with Gasteiger partial charge in [-0.1, -0.05) is 60.7 Å². The topological polar surface area (TPSA) is 96.4 Å². The minimum Gasteiger partial charge on any atom is -0.392 e. The first kappa shape index (κ1) is 23.8. The van der Waals surface area contributed by atoms with Crippen LogP contribution in [0.1, 0.15) is 45.3 Å². The Labute approximate surface area is 216 Å². The molecule has 3 heterocycles. The molecule has 1 unspecified atom stereocenters. The van der Waals surface area contributed by atoms with Gasteiger partial charge in [0.1, 0.15) is 12.0 Å². The number of fused-ring (bicyclic) bond motifs is 1. The second-order valence-corrected chi connectivity index (χ2v) is 9.92. The lowest BCUT2D eigenvalue weighted by molar-refractivity contribution is 0.0922. The van der Waals surface area contributed by atoms with Crippen LogP contribution in [0.5, 0.6) is 0 Å². The first-order valence-corrected chi connectivity index (χ1v) is 12.8. The summed E-state index contributed by atoms with van der Waals surface area (Å²) in [5, 5.41) is 13.3. The molecular weight excluding hydrogens is 462 g/mol. The third-order valence-corrected chi connectivity index (χ3v) is 7.45. The molecule has 3 aromatic carbocycles. The second-order valence-electron chi connectivity index (χ2n) is 9.92. The van der Waals surface area contributed by atoms with Crippen LogP contribution in [0.2, 0.25) is 0 Å². The van der Waals surface area contributed by atoms with Gasteiger partial charge in [-0.05, 0) is 46.4 Å². The summed E-state index contributed by atoms with van der Waals surface area (Å²) >= 11 is 0. The Morgan fingerprint density at radius 1 is 1.05 bits per heavy atom. The van der Waals surface area contributed by atoms with Gasteiger partial charge in [0.15, 0.2) is 0 Å². The van der Waals surface area contributed by atoms with Gasteiger partial charge >= 0.3 is 0 Å². The first-order chi connectivity index (χ1) is 18.1. The number of nitrogens with one attached hydrogen (secondary N) is 1. The monoisotopic (exact) mass is 493 g/mol. The number of hydrogen-bond donors (Lipinski definition) is 3. The quantitative estimate of drug-likeness (QED) is 0.380. The predicted octanol–water partition coefficient (Wildman–Crippen LogP) is 3.59. The van der Waals surface area contributed by atoms with E-state index in [0.29, 0.717) is 18.8 Å². The van der Waals surface area contributed by atoms with Crippen molar-refractivity contribution in [3.05, 3.63) is 107 Å². The number of benzene rings is 3. The smallest absolute Gasteiger partial charge is 0.202 e. The molecule has 4 N–H and O–H groups in total. The summed E-state index contributed by atoms with van der Waals surface area (Å²) in [5.74, 6) is 0.0117. The highest BCUT2D eigenvalue weighted by Gasteiger charge is 2.32. The number of carbonyl (C=O) groups excluding carboxylic acids is 1. The van der Waals surface area contributed by atoms with Gasteiger partial charge in [-0.3, -0.25) is 19.6 Å². The Hall–Kier alpha value is -3.62. The Balaban J connectivity index is 1.26. The highest BCUT2D eigenvalue weighted by molar-refractivity contribution is 6.01. The fraction of sp³-hybridized carbons (Fsp3) is 0.267. The number of rotatable bonds is 6. The van der Waals surface area contributed by atoms with Crippen molar-refractivity contribution in [2.75, 3.05) is 13.1 Å². The lowest BCUT2D eigenvalue weighted by Crippen LogP contribution is -2.35. The molecule has 6 rings (SSSR count). The molecule has 0 aliphatic carbocycles. The number of aliphatic hydroxyl groups is 1. The lowest BCUT2D eigenvalue weighted by Gasteiger charge is -2.24. The molecule has 2 atom stereocenters. The number of Topliss-reactive ketones (excluding diaryl/α,β-unsaturated/α-hetero) is 1. The highest BCUT2D eigenvalue weighted by Crippen LogP contribution is 2.31. The zero-order valence-electron chi connectivity index (χ0n) is 20.7. The Morgan fingerprint density at radius 2 is 1.89 bits per heavy atom. The van der Waals surface area contributed by atoms with Crippen molar-refractivity contribution in [3.8, 4) is 16.8 Å². The summed E-state index contributed by atoms with van der Waals surface area (Å²) in [6.07, 6.45) is 2.33. The molecule has 0 spiro atoms. The van der Waals surface area contributed by atoms with E-state index >= 15 is 0 Å². The molecule has 0 amide bonds. The molecule has 37 heavy (non-hydrogen) atoms. The maximum Gasteiger partial charge on any atom is 0.202 e. The maximum absolute atomic E-state index is 13.7. The van der Waals surface area contributed by atoms with Crippen molar-refractivity contribution in [1.29, 1.82) is 0 Å². The van der Waals surface area contributed by atoms with Gasteiger partial charge in [-0.25, -0.2) is 4.98 Å². The van der Waals surface area contributed by atoms with Crippen LogP contribution in [0, 0.1) is 0 Å². The van der Waals surface area contributed by atoms with Crippen LogP contribution in [-0.2, 0) is 19.6 Å². The van der Waals surface area contributed by atoms with Gasteiger partial charge < -0.3 is 10.8 Å². The van der Waals surface area contributed by atoms with E-state index in [2.05, 4.69) is 51.6 Å². The number of nitrogens with zero attached hydrogens (tertiary/aromatic N) is 3. The van der Waals surface area contributed by atoms with Gasteiger partial charge in [0.25, 0.3) is 0 Å². The number of carbonyl (C=O) groups is 1. The molecule has 2 aliphatic heterocycles. The van der Waals surface area contributed by atoms with Crippen molar-refractivity contribution in [2.24, 2.45) is 5.73 Å². The number of aromatic nitrogens is 2. The molecule has 0 saturated carbocycles. The predicted molar refractivity (Wildman–Crippen MR) is 143 cm³/mol. The summed E-state index contributed by atoms with van der Waals surface area (Å²) < 4.78 is 1.88. The number of ketones is 1. The molecule has 2 aliphatic rings. The minimum absolute atomic E-state index is 0.0117. The van der Waals surface area contributed by atoms with Crippen LogP contribution in [0.25, 0.3) is 16.8 Å². The van der Waals surface area contributed by atoms with Crippen molar-refractivity contribution in [3.63, 3.8) is 0 Å².